The molecule has 1 fully saturated rings. The van der Waals surface area contributed by atoms with Crippen LogP contribution in [0.3, 0.4) is 0 Å². The van der Waals surface area contributed by atoms with Crippen molar-refractivity contribution >= 4 is 5.91 Å². The third-order valence-corrected chi connectivity index (χ3v) is 4.26. The minimum atomic E-state index is -0.497. The van der Waals surface area contributed by atoms with E-state index in [9.17, 15) is 9.18 Å². The number of nitrogens with two attached hydrogens (primary N) is 1. The molecular weight excluding hydrogens is 255 g/mol. The van der Waals surface area contributed by atoms with Gasteiger partial charge in [0, 0.05) is 19.1 Å². The molecule has 1 unspecified atom stereocenters. The van der Waals surface area contributed by atoms with Crippen LogP contribution in [-0.4, -0.2) is 23.4 Å². The van der Waals surface area contributed by atoms with Gasteiger partial charge in [-0.3, -0.25) is 4.79 Å². The molecular formula is C16H23FN2O. The van der Waals surface area contributed by atoms with E-state index in [-0.39, 0.29) is 11.7 Å². The molecule has 1 atom stereocenters. The fourth-order valence-corrected chi connectivity index (χ4v) is 2.27. The number of benzene rings is 1. The Morgan fingerprint density at radius 3 is 2.45 bits per heavy atom. The quantitative estimate of drug-likeness (QED) is 0.869. The summed E-state index contributed by atoms with van der Waals surface area (Å²) in [5, 5.41) is 0. The molecule has 1 aromatic rings. The Morgan fingerprint density at radius 2 is 2.00 bits per heavy atom. The first kappa shape index (κ1) is 15.0. The summed E-state index contributed by atoms with van der Waals surface area (Å²) < 4.78 is 13.0. The highest BCUT2D eigenvalue weighted by atomic mass is 19.1. The lowest BCUT2D eigenvalue weighted by atomic mass is 9.85. The Kier molecular flexibility index (Phi) is 4.43. The Hall–Kier alpha value is -1.42. The van der Waals surface area contributed by atoms with Crippen LogP contribution in [0.1, 0.15) is 38.7 Å². The molecule has 1 aliphatic carbocycles. The van der Waals surface area contributed by atoms with Gasteiger partial charge < -0.3 is 10.6 Å². The van der Waals surface area contributed by atoms with Gasteiger partial charge in [0.25, 0.3) is 0 Å². The van der Waals surface area contributed by atoms with Crippen molar-refractivity contribution in [2.45, 2.75) is 45.7 Å². The fraction of sp³-hybridized carbons (Fsp3) is 0.562. The second-order valence-electron chi connectivity index (χ2n) is 5.91. The van der Waals surface area contributed by atoms with Gasteiger partial charge in [0.1, 0.15) is 5.82 Å². The van der Waals surface area contributed by atoms with E-state index in [0.29, 0.717) is 19.1 Å². The van der Waals surface area contributed by atoms with E-state index in [0.717, 1.165) is 24.8 Å². The second-order valence-corrected chi connectivity index (χ2v) is 5.91. The summed E-state index contributed by atoms with van der Waals surface area (Å²) in [5.41, 5.74) is 6.26. The molecule has 2 rings (SSSR count). The van der Waals surface area contributed by atoms with Crippen LogP contribution >= 0.6 is 0 Å². The summed E-state index contributed by atoms with van der Waals surface area (Å²) in [7, 11) is 0. The summed E-state index contributed by atoms with van der Waals surface area (Å²) in [4.78, 5) is 14.7. The summed E-state index contributed by atoms with van der Waals surface area (Å²) in [6.45, 7) is 4.82. The highest BCUT2D eigenvalue weighted by molar-refractivity contribution is 5.83. The lowest BCUT2D eigenvalue weighted by Gasteiger charge is -2.33. The van der Waals surface area contributed by atoms with E-state index >= 15 is 0 Å². The summed E-state index contributed by atoms with van der Waals surface area (Å²) in [6.07, 6.45) is 2.84. The van der Waals surface area contributed by atoms with E-state index in [1.165, 1.54) is 12.1 Å². The molecule has 3 nitrogen and oxygen atoms in total. The van der Waals surface area contributed by atoms with E-state index in [1.807, 2.05) is 18.7 Å². The molecule has 1 saturated carbocycles. The highest BCUT2D eigenvalue weighted by Crippen LogP contribution is 2.33. The van der Waals surface area contributed by atoms with Crippen LogP contribution in [0.25, 0.3) is 0 Å². The minimum absolute atomic E-state index is 0.120. The minimum Gasteiger partial charge on any atom is -0.335 e. The van der Waals surface area contributed by atoms with Gasteiger partial charge in [-0.25, -0.2) is 4.39 Å². The van der Waals surface area contributed by atoms with Crippen LogP contribution in [0.5, 0.6) is 0 Å². The molecule has 0 aliphatic heterocycles. The van der Waals surface area contributed by atoms with Crippen molar-refractivity contribution in [2.24, 2.45) is 11.1 Å². The molecule has 0 aromatic heterocycles. The number of rotatable bonds is 6. The molecule has 0 spiro atoms. The van der Waals surface area contributed by atoms with Gasteiger partial charge in [-0.2, -0.15) is 0 Å². The average molecular weight is 278 g/mol. The van der Waals surface area contributed by atoms with Crippen LogP contribution in [0.15, 0.2) is 24.3 Å². The SMILES string of the molecule is CCC(C)(CN)C(=O)N(Cc1ccc(F)cc1)C1CC1. The zero-order valence-electron chi connectivity index (χ0n) is 12.2. The molecule has 0 bridgehead atoms. The highest BCUT2D eigenvalue weighted by Gasteiger charge is 2.40. The van der Waals surface area contributed by atoms with Crippen LogP contribution in [-0.2, 0) is 11.3 Å². The van der Waals surface area contributed by atoms with Gasteiger partial charge in [-0.15, -0.1) is 0 Å². The molecule has 110 valence electrons. The monoisotopic (exact) mass is 278 g/mol. The fourth-order valence-electron chi connectivity index (χ4n) is 2.27. The molecule has 0 saturated heterocycles. The van der Waals surface area contributed by atoms with Crippen LogP contribution < -0.4 is 5.73 Å². The maximum Gasteiger partial charge on any atom is 0.230 e. The maximum atomic E-state index is 13.0. The largest absolute Gasteiger partial charge is 0.335 e. The van der Waals surface area contributed by atoms with Crippen molar-refractivity contribution in [2.75, 3.05) is 6.54 Å². The number of hydrogen-bond donors (Lipinski definition) is 1. The summed E-state index contributed by atoms with van der Waals surface area (Å²) in [6, 6.07) is 6.68. The van der Waals surface area contributed by atoms with Crippen molar-refractivity contribution < 1.29 is 9.18 Å². The number of hydrogen-bond acceptors (Lipinski definition) is 2. The van der Waals surface area contributed by atoms with E-state index in [2.05, 4.69) is 0 Å². The summed E-state index contributed by atoms with van der Waals surface area (Å²) >= 11 is 0. The van der Waals surface area contributed by atoms with Gasteiger partial charge in [-0.1, -0.05) is 19.1 Å². The Balaban J connectivity index is 2.15. The lowest BCUT2D eigenvalue weighted by molar-refractivity contribution is -0.142. The summed E-state index contributed by atoms with van der Waals surface area (Å²) in [5.74, 6) is -0.132. The van der Waals surface area contributed by atoms with E-state index in [4.69, 9.17) is 5.73 Å². The Labute approximate surface area is 120 Å². The molecule has 1 amide bonds. The molecule has 0 heterocycles. The molecule has 0 radical (unpaired) electrons. The molecule has 1 aliphatic rings. The first-order valence-corrected chi connectivity index (χ1v) is 7.26. The first-order chi connectivity index (χ1) is 9.50. The molecule has 1 aromatic carbocycles. The number of amides is 1. The number of carbonyl (C=O) groups excluding carboxylic acids is 1. The van der Waals surface area contributed by atoms with Gasteiger partial charge >= 0.3 is 0 Å². The van der Waals surface area contributed by atoms with Gasteiger partial charge in [0.15, 0.2) is 0 Å². The normalized spacial score (nSPS) is 17.6. The zero-order valence-corrected chi connectivity index (χ0v) is 12.2. The van der Waals surface area contributed by atoms with Crippen LogP contribution in [0, 0.1) is 11.2 Å². The standard InChI is InChI=1S/C16H23FN2O/c1-3-16(2,11-18)15(20)19(14-8-9-14)10-12-4-6-13(17)7-5-12/h4-7,14H,3,8-11,18H2,1-2H3. The van der Waals surface area contributed by atoms with Gasteiger partial charge in [0.05, 0.1) is 5.41 Å². The van der Waals surface area contributed by atoms with Crippen molar-refractivity contribution in [1.29, 1.82) is 0 Å². The number of carbonyl (C=O) groups is 1. The van der Waals surface area contributed by atoms with Crippen molar-refractivity contribution in [3.05, 3.63) is 35.6 Å². The van der Waals surface area contributed by atoms with Gasteiger partial charge in [0.2, 0.25) is 5.91 Å². The third kappa shape index (κ3) is 3.18. The average Bonchev–Trinajstić information content (AvgIpc) is 3.29. The smallest absolute Gasteiger partial charge is 0.230 e. The van der Waals surface area contributed by atoms with Gasteiger partial charge in [-0.05, 0) is 43.9 Å². The van der Waals surface area contributed by atoms with Crippen molar-refractivity contribution in [3.8, 4) is 0 Å². The van der Waals surface area contributed by atoms with Crippen molar-refractivity contribution in [1.82, 2.24) is 4.90 Å². The molecule has 4 heteroatoms. The Morgan fingerprint density at radius 1 is 1.40 bits per heavy atom. The van der Waals surface area contributed by atoms with E-state index in [1.54, 1.807) is 12.1 Å². The number of halogens is 1. The van der Waals surface area contributed by atoms with Crippen LogP contribution in [0.2, 0.25) is 0 Å². The van der Waals surface area contributed by atoms with E-state index < -0.39 is 5.41 Å². The number of nitrogens with zero attached hydrogens (tertiary/aromatic N) is 1. The predicted octanol–water partition coefficient (Wildman–Crippen LogP) is 2.69. The predicted molar refractivity (Wildman–Crippen MR) is 77.4 cm³/mol. The zero-order chi connectivity index (χ0) is 14.8. The van der Waals surface area contributed by atoms with Crippen LogP contribution in [0.4, 0.5) is 4.39 Å². The Bertz CT molecular complexity index is 464. The molecule has 20 heavy (non-hydrogen) atoms. The molecule has 2 N–H and O–H groups in total. The lowest BCUT2D eigenvalue weighted by Crippen LogP contribution is -2.46. The second kappa shape index (κ2) is 5.92. The first-order valence-electron chi connectivity index (χ1n) is 7.26. The van der Waals surface area contributed by atoms with Crippen molar-refractivity contribution in [3.63, 3.8) is 0 Å². The third-order valence-electron chi connectivity index (χ3n) is 4.26. The maximum absolute atomic E-state index is 13.0. The topological polar surface area (TPSA) is 46.3 Å².